The Kier molecular flexibility index (Phi) is 14.2. The summed E-state index contributed by atoms with van der Waals surface area (Å²) in [6.07, 6.45) is 17.2. The summed E-state index contributed by atoms with van der Waals surface area (Å²) >= 11 is 0. The van der Waals surface area contributed by atoms with Gasteiger partial charge in [-0.1, -0.05) is 51.9 Å². The van der Waals surface area contributed by atoms with Gasteiger partial charge in [0, 0.05) is 0 Å². The van der Waals surface area contributed by atoms with Gasteiger partial charge in [-0.05, 0) is 18.9 Å². The first-order chi connectivity index (χ1) is 7.56. The van der Waals surface area contributed by atoms with E-state index in [2.05, 4.69) is 40.3 Å². The number of allylic oxidation sites excluding steroid dienone is 1. The molecule has 0 N–H and O–H groups in total. The van der Waals surface area contributed by atoms with Gasteiger partial charge in [-0.15, -0.1) is 0 Å². The van der Waals surface area contributed by atoms with Crippen molar-refractivity contribution in [3.8, 4) is 0 Å². The molecule has 0 fully saturated rings. The number of halogens is 1. The zero-order chi connectivity index (χ0) is 12.3. The van der Waals surface area contributed by atoms with Crippen molar-refractivity contribution in [1.82, 2.24) is 0 Å². The monoisotopic (exact) mass is 261 g/mol. The van der Waals surface area contributed by atoms with Crippen LogP contribution in [0.2, 0.25) is 0 Å². The Morgan fingerprint density at radius 3 is 1.71 bits per heavy atom. The number of unbranched alkanes of at least 4 members (excludes halogenated alkanes) is 8. The molecule has 0 aromatic rings. The van der Waals surface area contributed by atoms with Crippen molar-refractivity contribution >= 4 is 0 Å². The van der Waals surface area contributed by atoms with Crippen LogP contribution in [0.5, 0.6) is 0 Å². The molecule has 0 aliphatic heterocycles. The van der Waals surface area contributed by atoms with Gasteiger partial charge < -0.3 is 16.9 Å². The molecule has 0 atom stereocenters. The van der Waals surface area contributed by atoms with E-state index in [1.807, 2.05) is 0 Å². The van der Waals surface area contributed by atoms with Crippen molar-refractivity contribution < 1.29 is 16.9 Å². The standard InChI is InChI=1S/C15H32N.ClH/c1-5-6-7-8-9-10-11-12-13-14-15-16(2,3)4;/h14-15H,5-13H2,1-4H3;1H/q+1;/p-1. The Morgan fingerprint density at radius 2 is 1.24 bits per heavy atom. The molecule has 0 saturated heterocycles. The van der Waals surface area contributed by atoms with Crippen LogP contribution < -0.4 is 12.4 Å². The Hall–Kier alpha value is -0.0100. The molecule has 0 aliphatic carbocycles. The van der Waals surface area contributed by atoms with E-state index >= 15 is 0 Å². The zero-order valence-corrected chi connectivity index (χ0v) is 13.1. The minimum atomic E-state index is 0. The molecule has 0 radical (unpaired) electrons. The van der Waals surface area contributed by atoms with Gasteiger partial charge in [0.1, 0.15) is 0 Å². The highest BCUT2D eigenvalue weighted by Gasteiger charge is 1.98. The molecule has 0 aromatic heterocycles. The normalized spacial score (nSPS) is 11.8. The Balaban J connectivity index is 0. The molecule has 0 rings (SSSR count). The zero-order valence-electron chi connectivity index (χ0n) is 12.3. The van der Waals surface area contributed by atoms with Crippen molar-refractivity contribution in [3.05, 3.63) is 12.3 Å². The van der Waals surface area contributed by atoms with Crippen LogP contribution >= 0.6 is 0 Å². The molecule has 0 aromatic carbocycles. The summed E-state index contributed by atoms with van der Waals surface area (Å²) in [6.45, 7) is 2.28. The largest absolute Gasteiger partial charge is 1.00 e. The third kappa shape index (κ3) is 18.5. The van der Waals surface area contributed by atoms with Crippen molar-refractivity contribution in [1.29, 1.82) is 0 Å². The van der Waals surface area contributed by atoms with Crippen LogP contribution in [0.25, 0.3) is 0 Å². The summed E-state index contributed by atoms with van der Waals surface area (Å²) < 4.78 is 0.941. The summed E-state index contributed by atoms with van der Waals surface area (Å²) in [5.41, 5.74) is 0. The lowest BCUT2D eigenvalue weighted by Crippen LogP contribution is -3.00. The lowest BCUT2D eigenvalue weighted by Gasteiger charge is -2.17. The number of hydrogen-bond donors (Lipinski definition) is 0. The summed E-state index contributed by atoms with van der Waals surface area (Å²) in [7, 11) is 6.60. The molecular formula is C15H32ClN. The minimum absolute atomic E-state index is 0. The molecule has 0 unspecified atom stereocenters. The Morgan fingerprint density at radius 1 is 0.765 bits per heavy atom. The summed E-state index contributed by atoms with van der Waals surface area (Å²) in [5, 5.41) is 0. The second kappa shape index (κ2) is 12.4. The smallest absolute Gasteiger partial charge is 0.0911 e. The molecule has 0 aliphatic rings. The summed E-state index contributed by atoms with van der Waals surface area (Å²) in [4.78, 5) is 0. The van der Waals surface area contributed by atoms with Gasteiger partial charge in [0.2, 0.25) is 0 Å². The maximum Gasteiger partial charge on any atom is 0.0911 e. The molecule has 0 saturated carbocycles. The van der Waals surface area contributed by atoms with E-state index < -0.39 is 0 Å². The number of hydrogen-bond acceptors (Lipinski definition) is 0. The van der Waals surface area contributed by atoms with E-state index in [0.29, 0.717) is 0 Å². The Labute approximate surface area is 115 Å². The quantitative estimate of drug-likeness (QED) is 0.415. The van der Waals surface area contributed by atoms with E-state index in [-0.39, 0.29) is 12.4 Å². The molecule has 1 nitrogen and oxygen atoms in total. The fraction of sp³-hybridized carbons (Fsp3) is 0.867. The second-order valence-electron chi connectivity index (χ2n) is 5.76. The molecule has 0 bridgehead atoms. The van der Waals surface area contributed by atoms with Gasteiger partial charge in [0.15, 0.2) is 0 Å². The average molecular weight is 262 g/mol. The van der Waals surface area contributed by atoms with Crippen LogP contribution in [-0.4, -0.2) is 25.6 Å². The highest BCUT2D eigenvalue weighted by molar-refractivity contribution is 4.72. The van der Waals surface area contributed by atoms with Crippen LogP contribution in [0.1, 0.15) is 64.7 Å². The van der Waals surface area contributed by atoms with Gasteiger partial charge in [0.05, 0.1) is 27.3 Å². The highest BCUT2D eigenvalue weighted by Crippen LogP contribution is 2.09. The van der Waals surface area contributed by atoms with Crippen LogP contribution in [0.15, 0.2) is 12.3 Å². The van der Waals surface area contributed by atoms with Crippen molar-refractivity contribution in [2.45, 2.75) is 64.7 Å². The summed E-state index contributed by atoms with van der Waals surface area (Å²) in [6, 6.07) is 0. The second-order valence-corrected chi connectivity index (χ2v) is 5.76. The van der Waals surface area contributed by atoms with Crippen LogP contribution in [0, 0.1) is 0 Å². The molecule has 0 spiro atoms. The average Bonchev–Trinajstić information content (AvgIpc) is 2.19. The van der Waals surface area contributed by atoms with E-state index in [1.54, 1.807) is 0 Å². The topological polar surface area (TPSA) is 0 Å². The molecule has 0 amide bonds. The predicted molar refractivity (Wildman–Crippen MR) is 74.4 cm³/mol. The lowest BCUT2D eigenvalue weighted by molar-refractivity contribution is -0.817. The first-order valence-electron chi connectivity index (χ1n) is 7.05. The van der Waals surface area contributed by atoms with E-state index in [4.69, 9.17) is 0 Å². The van der Waals surface area contributed by atoms with Crippen molar-refractivity contribution in [2.24, 2.45) is 0 Å². The molecule has 17 heavy (non-hydrogen) atoms. The lowest BCUT2D eigenvalue weighted by atomic mass is 10.1. The first kappa shape index (κ1) is 19.3. The molecule has 0 heterocycles. The predicted octanol–water partition coefficient (Wildman–Crippen LogP) is 1.74. The van der Waals surface area contributed by atoms with Gasteiger partial charge in [-0.3, -0.25) is 0 Å². The van der Waals surface area contributed by atoms with Gasteiger partial charge in [-0.2, -0.15) is 0 Å². The van der Waals surface area contributed by atoms with Crippen molar-refractivity contribution in [2.75, 3.05) is 21.1 Å². The fourth-order valence-electron chi connectivity index (χ4n) is 1.79. The summed E-state index contributed by atoms with van der Waals surface area (Å²) in [5.74, 6) is 0. The maximum atomic E-state index is 2.33. The number of quaternary nitrogens is 1. The third-order valence-electron chi connectivity index (χ3n) is 2.78. The minimum Gasteiger partial charge on any atom is -1.00 e. The van der Waals surface area contributed by atoms with E-state index in [1.165, 1.54) is 57.8 Å². The SMILES string of the molecule is CCCCCCCCCCC=C[N+](C)(C)C.[Cl-]. The van der Waals surface area contributed by atoms with Gasteiger partial charge in [0.25, 0.3) is 0 Å². The highest BCUT2D eigenvalue weighted by atomic mass is 35.5. The fourth-order valence-corrected chi connectivity index (χ4v) is 1.79. The van der Waals surface area contributed by atoms with E-state index in [9.17, 15) is 0 Å². The van der Waals surface area contributed by atoms with Crippen LogP contribution in [0.4, 0.5) is 0 Å². The Bertz CT molecular complexity index is 170. The van der Waals surface area contributed by atoms with Crippen LogP contribution in [0.3, 0.4) is 0 Å². The number of nitrogens with zero attached hydrogens (tertiary/aromatic N) is 1. The molecular weight excluding hydrogens is 230 g/mol. The third-order valence-corrected chi connectivity index (χ3v) is 2.78. The number of rotatable bonds is 10. The van der Waals surface area contributed by atoms with Gasteiger partial charge in [-0.25, -0.2) is 0 Å². The molecule has 104 valence electrons. The maximum absolute atomic E-state index is 2.33. The van der Waals surface area contributed by atoms with E-state index in [0.717, 1.165) is 4.48 Å². The first-order valence-corrected chi connectivity index (χ1v) is 7.05. The van der Waals surface area contributed by atoms with Crippen molar-refractivity contribution in [3.63, 3.8) is 0 Å². The molecule has 2 heteroatoms. The van der Waals surface area contributed by atoms with Crippen LogP contribution in [-0.2, 0) is 0 Å². The van der Waals surface area contributed by atoms with Gasteiger partial charge >= 0.3 is 0 Å².